The van der Waals surface area contributed by atoms with E-state index in [9.17, 15) is 0 Å². The van der Waals surface area contributed by atoms with Crippen LogP contribution < -0.4 is 5.32 Å². The first-order valence-corrected chi connectivity index (χ1v) is 2.89. The average Bonchev–Trinajstić information content (AvgIpc) is 1.27. The predicted octanol–water partition coefficient (Wildman–Crippen LogP) is -0.0588. The maximum atomic E-state index is 3.31. The first kappa shape index (κ1) is 11.0. The van der Waals surface area contributed by atoms with Gasteiger partial charge in [-0.15, -0.1) is 0 Å². The van der Waals surface area contributed by atoms with E-state index in [1.165, 1.54) is 0 Å². The highest BCUT2D eigenvalue weighted by atomic mass is 28.1. The van der Waals surface area contributed by atoms with E-state index >= 15 is 0 Å². The fourth-order valence-electron chi connectivity index (χ4n) is 0.667. The van der Waals surface area contributed by atoms with E-state index in [0.717, 1.165) is 0 Å². The van der Waals surface area contributed by atoms with Crippen LogP contribution in [-0.2, 0) is 0 Å². The fourth-order valence-corrected chi connectivity index (χ4v) is 0.667. The van der Waals surface area contributed by atoms with Gasteiger partial charge in [0.2, 0.25) is 0 Å². The van der Waals surface area contributed by atoms with Crippen molar-refractivity contribution in [3.63, 3.8) is 0 Å². The Hall–Kier alpha value is 0.177. The second-order valence-electron chi connectivity index (χ2n) is 2.48. The molecule has 0 fully saturated rings. The molecule has 0 spiro atoms. The van der Waals surface area contributed by atoms with Crippen LogP contribution in [0, 0.1) is 0 Å². The van der Waals surface area contributed by atoms with Gasteiger partial charge >= 0.3 is 0 Å². The molecule has 0 aliphatic heterocycles. The van der Waals surface area contributed by atoms with Crippen molar-refractivity contribution in [3.05, 3.63) is 0 Å². The predicted molar refractivity (Wildman–Crippen MR) is 44.7 cm³/mol. The van der Waals surface area contributed by atoms with E-state index in [4.69, 9.17) is 0 Å². The second kappa shape index (κ2) is 5.32. The summed E-state index contributed by atoms with van der Waals surface area (Å²) < 4.78 is 0. The maximum Gasteiger partial charge on any atom is 0.00127 e. The Balaban J connectivity index is 0. The van der Waals surface area contributed by atoms with E-state index in [-0.39, 0.29) is 11.0 Å². The molecule has 8 heavy (non-hydrogen) atoms. The van der Waals surface area contributed by atoms with Crippen LogP contribution in [0.2, 0.25) is 0 Å². The van der Waals surface area contributed by atoms with Crippen LogP contribution in [-0.4, -0.2) is 23.0 Å². The SMILES string of the molecule is CC(C)NC(C)C.[SiH4]. The molecular formula is C6H19NSi. The molecule has 0 unspecified atom stereocenters. The quantitative estimate of drug-likeness (QED) is 0.521. The molecule has 0 heterocycles. The number of rotatable bonds is 2. The fraction of sp³-hybridized carbons (Fsp3) is 1.00. The van der Waals surface area contributed by atoms with Gasteiger partial charge in [0, 0.05) is 12.1 Å². The Morgan fingerprint density at radius 3 is 1.12 bits per heavy atom. The van der Waals surface area contributed by atoms with E-state index < -0.39 is 0 Å². The first-order valence-electron chi connectivity index (χ1n) is 2.89. The summed E-state index contributed by atoms with van der Waals surface area (Å²) in [6, 6.07) is 1.25. The van der Waals surface area contributed by atoms with Crippen molar-refractivity contribution in [2.24, 2.45) is 0 Å². The molecule has 0 rings (SSSR count). The molecule has 1 nitrogen and oxygen atoms in total. The third-order valence-electron chi connectivity index (χ3n) is 0.667. The van der Waals surface area contributed by atoms with Crippen LogP contribution in [0.5, 0.6) is 0 Å². The minimum absolute atomic E-state index is 0. The summed E-state index contributed by atoms with van der Waals surface area (Å²) in [5.74, 6) is 0. The van der Waals surface area contributed by atoms with E-state index in [1.54, 1.807) is 0 Å². The summed E-state index contributed by atoms with van der Waals surface area (Å²) in [5.41, 5.74) is 0. The monoisotopic (exact) mass is 133 g/mol. The summed E-state index contributed by atoms with van der Waals surface area (Å²) >= 11 is 0. The lowest BCUT2D eigenvalue weighted by molar-refractivity contribution is 0.518. The van der Waals surface area contributed by atoms with Gasteiger partial charge in [0.25, 0.3) is 0 Å². The number of hydrogen-bond acceptors (Lipinski definition) is 1. The maximum absolute atomic E-state index is 3.31. The normalized spacial score (nSPS) is 9.75. The lowest BCUT2D eigenvalue weighted by Crippen LogP contribution is -2.29. The van der Waals surface area contributed by atoms with Gasteiger partial charge in [-0.1, -0.05) is 27.7 Å². The van der Waals surface area contributed by atoms with Gasteiger partial charge in [-0.2, -0.15) is 0 Å². The Kier molecular flexibility index (Phi) is 7.34. The summed E-state index contributed by atoms with van der Waals surface area (Å²) in [6.07, 6.45) is 0. The average molecular weight is 133 g/mol. The zero-order chi connectivity index (χ0) is 5.86. The lowest BCUT2D eigenvalue weighted by atomic mass is 10.3. The van der Waals surface area contributed by atoms with Gasteiger partial charge in [0.05, 0.1) is 0 Å². The van der Waals surface area contributed by atoms with Crippen molar-refractivity contribution in [1.82, 2.24) is 5.32 Å². The van der Waals surface area contributed by atoms with Crippen LogP contribution in [0.3, 0.4) is 0 Å². The molecule has 1 N–H and O–H groups in total. The topological polar surface area (TPSA) is 12.0 Å². The molecule has 0 radical (unpaired) electrons. The Bertz CT molecular complexity index is 37.8. The minimum Gasteiger partial charge on any atom is -0.312 e. The number of hydrogen-bond donors (Lipinski definition) is 1. The summed E-state index contributed by atoms with van der Waals surface area (Å²) in [5, 5.41) is 3.31. The van der Waals surface area contributed by atoms with Gasteiger partial charge in [-0.25, -0.2) is 0 Å². The van der Waals surface area contributed by atoms with Gasteiger partial charge < -0.3 is 5.32 Å². The van der Waals surface area contributed by atoms with Crippen molar-refractivity contribution in [2.75, 3.05) is 0 Å². The second-order valence-corrected chi connectivity index (χ2v) is 2.48. The van der Waals surface area contributed by atoms with Crippen molar-refractivity contribution in [3.8, 4) is 0 Å². The van der Waals surface area contributed by atoms with Gasteiger partial charge in [0.15, 0.2) is 0 Å². The van der Waals surface area contributed by atoms with Gasteiger partial charge in [-0.3, -0.25) is 0 Å². The zero-order valence-electron chi connectivity index (χ0n) is 5.65. The molecule has 0 saturated carbocycles. The molecule has 0 atom stereocenters. The van der Waals surface area contributed by atoms with E-state index in [2.05, 4.69) is 33.0 Å². The molecule has 0 amide bonds. The Morgan fingerprint density at radius 1 is 0.875 bits per heavy atom. The zero-order valence-corrected chi connectivity index (χ0v) is 5.65. The minimum atomic E-state index is 0. The van der Waals surface area contributed by atoms with E-state index in [1.807, 2.05) is 0 Å². The van der Waals surface area contributed by atoms with Crippen molar-refractivity contribution >= 4 is 11.0 Å². The van der Waals surface area contributed by atoms with Crippen molar-refractivity contribution < 1.29 is 0 Å². The highest BCUT2D eigenvalue weighted by Crippen LogP contribution is 1.80. The highest BCUT2D eigenvalue weighted by molar-refractivity contribution is 5.75. The molecule has 0 aromatic rings. The molecule has 52 valence electrons. The smallest absolute Gasteiger partial charge is 0.00127 e. The van der Waals surface area contributed by atoms with Crippen LogP contribution in [0.25, 0.3) is 0 Å². The van der Waals surface area contributed by atoms with Crippen molar-refractivity contribution in [2.45, 2.75) is 39.8 Å². The molecular weight excluding hydrogens is 114 g/mol. The molecule has 2 heteroatoms. The van der Waals surface area contributed by atoms with Crippen LogP contribution in [0.4, 0.5) is 0 Å². The first-order chi connectivity index (χ1) is 3.13. The summed E-state index contributed by atoms with van der Waals surface area (Å²) in [6.45, 7) is 8.61. The molecule has 0 aromatic heterocycles. The third kappa shape index (κ3) is 9.49. The molecule has 0 aromatic carbocycles. The van der Waals surface area contributed by atoms with Gasteiger partial charge in [-0.05, 0) is 11.0 Å². The van der Waals surface area contributed by atoms with Crippen LogP contribution in [0.1, 0.15) is 27.7 Å². The van der Waals surface area contributed by atoms with Crippen molar-refractivity contribution in [1.29, 1.82) is 0 Å². The number of nitrogens with one attached hydrogen (secondary N) is 1. The molecule has 0 bridgehead atoms. The Labute approximate surface area is 56.9 Å². The lowest BCUT2D eigenvalue weighted by Gasteiger charge is -2.10. The molecule has 0 aliphatic rings. The third-order valence-corrected chi connectivity index (χ3v) is 0.667. The molecule has 0 saturated heterocycles. The highest BCUT2D eigenvalue weighted by Gasteiger charge is 1.92. The van der Waals surface area contributed by atoms with Gasteiger partial charge in [0.1, 0.15) is 0 Å². The van der Waals surface area contributed by atoms with E-state index in [0.29, 0.717) is 12.1 Å². The molecule has 0 aliphatic carbocycles. The standard InChI is InChI=1S/C6H15N.H4Si/c1-5(2)7-6(3)4;/h5-7H,1-4H3;1H4. The van der Waals surface area contributed by atoms with Crippen LogP contribution >= 0.6 is 0 Å². The summed E-state index contributed by atoms with van der Waals surface area (Å²) in [4.78, 5) is 0. The Morgan fingerprint density at radius 2 is 1.12 bits per heavy atom. The van der Waals surface area contributed by atoms with Crippen LogP contribution in [0.15, 0.2) is 0 Å². The summed E-state index contributed by atoms with van der Waals surface area (Å²) in [7, 11) is 0. The largest absolute Gasteiger partial charge is 0.312 e.